The molecule has 0 saturated carbocycles. The molecule has 0 saturated heterocycles. The van der Waals surface area contributed by atoms with Crippen LogP contribution in [0.1, 0.15) is 17.0 Å². The van der Waals surface area contributed by atoms with Gasteiger partial charge < -0.3 is 15.2 Å². The quantitative estimate of drug-likeness (QED) is 0.742. The summed E-state index contributed by atoms with van der Waals surface area (Å²) < 4.78 is 1.80. The molecule has 6 nitrogen and oxygen atoms in total. The second kappa shape index (κ2) is 7.39. The zero-order valence-corrected chi connectivity index (χ0v) is 15.2. The Morgan fingerprint density at radius 3 is 2.58 bits per heavy atom. The maximum atomic E-state index is 12.6. The number of hydrogen-bond acceptors (Lipinski definition) is 3. The fraction of sp³-hybridized carbons (Fsp3) is 0.250. The van der Waals surface area contributed by atoms with Gasteiger partial charge in [-0.25, -0.2) is 4.98 Å². The molecule has 3 rings (SSSR count). The lowest BCUT2D eigenvalue weighted by Crippen LogP contribution is -2.25. The van der Waals surface area contributed by atoms with Crippen molar-refractivity contribution in [2.45, 2.75) is 26.8 Å². The average molecular weight is 350 g/mol. The summed E-state index contributed by atoms with van der Waals surface area (Å²) in [4.78, 5) is 29.0. The highest BCUT2D eigenvalue weighted by Crippen LogP contribution is 2.20. The van der Waals surface area contributed by atoms with E-state index in [9.17, 15) is 9.59 Å². The number of nitrogens with one attached hydrogen (secondary N) is 2. The Balaban J connectivity index is 1.89. The average Bonchev–Trinajstić information content (AvgIpc) is 2.96. The number of aromatic nitrogens is 2. The van der Waals surface area contributed by atoms with Crippen molar-refractivity contribution in [3.63, 3.8) is 0 Å². The van der Waals surface area contributed by atoms with Crippen LogP contribution < -0.4 is 10.6 Å². The van der Waals surface area contributed by atoms with Crippen molar-refractivity contribution in [3.8, 4) is 0 Å². The van der Waals surface area contributed by atoms with E-state index in [0.717, 1.165) is 27.8 Å². The van der Waals surface area contributed by atoms with Crippen molar-refractivity contribution in [1.29, 1.82) is 0 Å². The summed E-state index contributed by atoms with van der Waals surface area (Å²) in [7, 11) is 1.59. The second-order valence-corrected chi connectivity index (χ2v) is 6.25. The first-order valence-electron chi connectivity index (χ1n) is 8.50. The minimum Gasteiger partial charge on any atom is -0.359 e. The number of anilines is 1. The number of hydrogen-bond donors (Lipinski definition) is 2. The molecular weight excluding hydrogens is 328 g/mol. The molecule has 2 amide bonds. The topological polar surface area (TPSA) is 76.0 Å². The van der Waals surface area contributed by atoms with E-state index in [1.165, 1.54) is 0 Å². The van der Waals surface area contributed by atoms with Gasteiger partial charge in [-0.15, -0.1) is 0 Å². The lowest BCUT2D eigenvalue weighted by molar-refractivity contribution is -0.120. The Morgan fingerprint density at radius 1 is 1.04 bits per heavy atom. The van der Waals surface area contributed by atoms with Gasteiger partial charge in [0.25, 0.3) is 0 Å². The molecule has 0 fully saturated rings. The van der Waals surface area contributed by atoms with Gasteiger partial charge >= 0.3 is 0 Å². The number of para-hydroxylation sites is 2. The summed E-state index contributed by atoms with van der Waals surface area (Å²) in [5, 5.41) is 5.56. The van der Waals surface area contributed by atoms with Crippen LogP contribution in [0.15, 0.2) is 42.5 Å². The van der Waals surface area contributed by atoms with E-state index in [-0.39, 0.29) is 24.8 Å². The van der Waals surface area contributed by atoms with E-state index >= 15 is 0 Å². The third-order valence-corrected chi connectivity index (χ3v) is 4.51. The number of benzene rings is 2. The Kier molecular flexibility index (Phi) is 5.02. The predicted molar refractivity (Wildman–Crippen MR) is 102 cm³/mol. The molecule has 3 aromatic rings. The second-order valence-electron chi connectivity index (χ2n) is 6.25. The van der Waals surface area contributed by atoms with Gasteiger partial charge in [0.1, 0.15) is 12.4 Å². The Morgan fingerprint density at radius 2 is 1.81 bits per heavy atom. The number of fused-ring (bicyclic) bond motifs is 1. The van der Waals surface area contributed by atoms with Crippen LogP contribution in [-0.4, -0.2) is 28.4 Å². The zero-order valence-electron chi connectivity index (χ0n) is 15.2. The zero-order chi connectivity index (χ0) is 18.7. The molecule has 1 heterocycles. The van der Waals surface area contributed by atoms with Crippen LogP contribution in [0.4, 0.5) is 5.69 Å². The molecule has 1 aromatic heterocycles. The summed E-state index contributed by atoms with van der Waals surface area (Å²) in [6.07, 6.45) is 0.127. The maximum absolute atomic E-state index is 12.6. The predicted octanol–water partition coefficient (Wildman–Crippen LogP) is 2.58. The van der Waals surface area contributed by atoms with E-state index in [1.54, 1.807) is 11.6 Å². The number of likely N-dealkylation sites (N-methyl/N-ethyl adjacent to an activating group) is 1. The van der Waals surface area contributed by atoms with Gasteiger partial charge in [0.15, 0.2) is 0 Å². The monoisotopic (exact) mass is 350 g/mol. The highest BCUT2D eigenvalue weighted by Gasteiger charge is 2.16. The van der Waals surface area contributed by atoms with Gasteiger partial charge in [0.05, 0.1) is 17.5 Å². The van der Waals surface area contributed by atoms with E-state index < -0.39 is 0 Å². The number of carbonyl (C=O) groups is 2. The van der Waals surface area contributed by atoms with Gasteiger partial charge in [-0.05, 0) is 43.2 Å². The van der Waals surface area contributed by atoms with Crippen LogP contribution in [0.3, 0.4) is 0 Å². The minimum atomic E-state index is -0.153. The number of nitrogens with zero attached hydrogens (tertiary/aromatic N) is 2. The molecule has 134 valence electrons. The Hall–Kier alpha value is -3.15. The van der Waals surface area contributed by atoms with Crippen LogP contribution in [-0.2, 0) is 22.6 Å². The van der Waals surface area contributed by atoms with Crippen molar-refractivity contribution < 1.29 is 9.59 Å². The molecule has 26 heavy (non-hydrogen) atoms. The van der Waals surface area contributed by atoms with Gasteiger partial charge in [0.2, 0.25) is 11.8 Å². The third kappa shape index (κ3) is 3.59. The Labute approximate surface area is 152 Å². The molecule has 6 heteroatoms. The summed E-state index contributed by atoms with van der Waals surface area (Å²) >= 11 is 0. The largest absolute Gasteiger partial charge is 0.359 e. The highest BCUT2D eigenvalue weighted by atomic mass is 16.2. The number of amides is 2. The maximum Gasteiger partial charge on any atom is 0.244 e. The molecular formula is C20H22N4O2. The van der Waals surface area contributed by atoms with Crippen LogP contribution >= 0.6 is 0 Å². The molecule has 2 N–H and O–H groups in total. The number of rotatable bonds is 5. The van der Waals surface area contributed by atoms with Gasteiger partial charge in [-0.2, -0.15) is 0 Å². The van der Waals surface area contributed by atoms with E-state index in [1.807, 2.05) is 56.3 Å². The summed E-state index contributed by atoms with van der Waals surface area (Å²) in [6, 6.07) is 13.4. The number of carbonyl (C=O) groups excluding carboxylic acids is 2. The molecule has 0 bridgehead atoms. The van der Waals surface area contributed by atoms with Crippen LogP contribution in [0, 0.1) is 13.8 Å². The van der Waals surface area contributed by atoms with E-state index in [2.05, 4.69) is 15.6 Å². The first-order chi connectivity index (χ1) is 12.5. The molecule has 0 aliphatic heterocycles. The standard InChI is InChI=1S/C20H22N4O2/c1-13-7-6-9-15(14(13)2)23-20(26)12-24-17-10-5-4-8-16(17)22-18(24)11-19(25)21-3/h4-10H,11-12H2,1-3H3,(H,21,25)(H,23,26). The fourth-order valence-corrected chi connectivity index (χ4v) is 2.89. The molecule has 0 spiro atoms. The molecule has 0 aliphatic rings. The van der Waals surface area contributed by atoms with Crippen LogP contribution in [0.2, 0.25) is 0 Å². The summed E-state index contributed by atoms with van der Waals surface area (Å²) in [6.45, 7) is 4.09. The normalized spacial score (nSPS) is 10.7. The van der Waals surface area contributed by atoms with Crippen LogP contribution in [0.25, 0.3) is 11.0 Å². The van der Waals surface area contributed by atoms with Crippen molar-refractivity contribution in [3.05, 3.63) is 59.4 Å². The number of imidazole rings is 1. The minimum absolute atomic E-state index is 0.0974. The number of aryl methyl sites for hydroxylation is 1. The van der Waals surface area contributed by atoms with Gasteiger partial charge in [-0.3, -0.25) is 9.59 Å². The smallest absolute Gasteiger partial charge is 0.244 e. The lowest BCUT2D eigenvalue weighted by atomic mass is 10.1. The van der Waals surface area contributed by atoms with Crippen molar-refractivity contribution in [2.24, 2.45) is 0 Å². The first-order valence-corrected chi connectivity index (χ1v) is 8.50. The summed E-state index contributed by atoms with van der Waals surface area (Å²) in [5.74, 6) is 0.276. The molecule has 0 unspecified atom stereocenters. The summed E-state index contributed by atoms with van der Waals surface area (Å²) in [5.41, 5.74) is 4.57. The van der Waals surface area contributed by atoms with Crippen molar-refractivity contribution in [1.82, 2.24) is 14.9 Å². The van der Waals surface area contributed by atoms with E-state index in [4.69, 9.17) is 0 Å². The fourth-order valence-electron chi connectivity index (χ4n) is 2.89. The third-order valence-electron chi connectivity index (χ3n) is 4.51. The molecule has 2 aromatic carbocycles. The highest BCUT2D eigenvalue weighted by molar-refractivity contribution is 5.93. The first kappa shape index (κ1) is 17.7. The van der Waals surface area contributed by atoms with Gasteiger partial charge in [-0.1, -0.05) is 24.3 Å². The molecule has 0 atom stereocenters. The SMILES string of the molecule is CNC(=O)Cc1nc2ccccc2n1CC(=O)Nc1cccc(C)c1C. The van der Waals surface area contributed by atoms with Gasteiger partial charge in [0, 0.05) is 12.7 Å². The van der Waals surface area contributed by atoms with Crippen LogP contribution in [0.5, 0.6) is 0 Å². The lowest BCUT2D eigenvalue weighted by Gasteiger charge is -2.12. The molecule has 0 radical (unpaired) electrons. The van der Waals surface area contributed by atoms with Crippen molar-refractivity contribution in [2.75, 3.05) is 12.4 Å². The Bertz CT molecular complexity index is 975. The molecule has 0 aliphatic carbocycles. The van der Waals surface area contributed by atoms with E-state index in [0.29, 0.717) is 5.82 Å². The van der Waals surface area contributed by atoms with Crippen molar-refractivity contribution >= 4 is 28.5 Å².